The average molecular weight is 657 g/mol. The SMILES string of the molecule is C=S1(=O)NC(=O)c2ccc3c(c2)N(C[C@@H]2CC[C@H]2[C@@H](OCC(=O)O)CCCC[C@H]1CC)C[C@@]1(CCCc2cc(Cl)ccc21)CO3. The van der Waals surface area contributed by atoms with Crippen molar-refractivity contribution in [2.75, 3.05) is 31.2 Å². The smallest absolute Gasteiger partial charge is 0.329 e. The van der Waals surface area contributed by atoms with Crippen LogP contribution in [0.3, 0.4) is 0 Å². The monoisotopic (exact) mass is 656 g/mol. The summed E-state index contributed by atoms with van der Waals surface area (Å²) in [5.74, 6) is 3.92. The van der Waals surface area contributed by atoms with E-state index in [9.17, 15) is 18.9 Å². The van der Waals surface area contributed by atoms with E-state index in [0.29, 0.717) is 37.5 Å². The van der Waals surface area contributed by atoms with Gasteiger partial charge in [0, 0.05) is 34.3 Å². The Morgan fingerprint density at radius 1 is 1.18 bits per heavy atom. The van der Waals surface area contributed by atoms with E-state index >= 15 is 0 Å². The Bertz CT molecular complexity index is 1550. The standard InChI is InChI=1S/C35H45ClN2O6S/c1-3-27-8-4-5-9-31(43-20-33(39)40)28-13-10-25(28)19-38-21-35(16-6-7-23-17-26(36)12-14-29(23)35)22-44-32-15-11-24(18-30(32)38)34(41)37-45(27,2)42/h11-12,14-15,17-18,25,27-28,31H,2-10,13,16,19-22H2,1H3,(H,39,40)(H,37,41,42)/t25-,27+,28+,31-,35-,45?/m0/s1. The van der Waals surface area contributed by atoms with Crippen molar-refractivity contribution in [3.63, 3.8) is 0 Å². The molecule has 0 aromatic heterocycles. The minimum absolute atomic E-state index is 0.155. The Labute approximate surface area is 271 Å². The highest BCUT2D eigenvalue weighted by molar-refractivity contribution is 7.99. The molecule has 1 amide bonds. The molecule has 2 aliphatic carbocycles. The summed E-state index contributed by atoms with van der Waals surface area (Å²) in [6.07, 6.45) is 8.53. The maximum Gasteiger partial charge on any atom is 0.329 e. The van der Waals surface area contributed by atoms with Crippen LogP contribution in [-0.4, -0.2) is 64.7 Å². The van der Waals surface area contributed by atoms with Gasteiger partial charge in [0.25, 0.3) is 5.91 Å². The van der Waals surface area contributed by atoms with Gasteiger partial charge in [-0.25, -0.2) is 9.00 Å². The lowest BCUT2D eigenvalue weighted by molar-refractivity contribution is -0.148. The molecule has 2 aromatic rings. The van der Waals surface area contributed by atoms with Gasteiger partial charge < -0.3 is 19.5 Å². The number of rotatable bonds is 4. The summed E-state index contributed by atoms with van der Waals surface area (Å²) >= 11 is 6.42. The Morgan fingerprint density at radius 3 is 2.76 bits per heavy atom. The van der Waals surface area contributed by atoms with Crippen molar-refractivity contribution in [2.45, 2.75) is 87.9 Å². The number of halogens is 1. The van der Waals surface area contributed by atoms with E-state index in [-0.39, 0.29) is 35.2 Å². The number of benzene rings is 2. The van der Waals surface area contributed by atoms with Crippen LogP contribution in [0.4, 0.5) is 5.69 Å². The van der Waals surface area contributed by atoms with E-state index in [4.69, 9.17) is 21.1 Å². The number of amides is 1. The zero-order chi connectivity index (χ0) is 31.8. The summed E-state index contributed by atoms with van der Waals surface area (Å²) in [7, 11) is -2.91. The number of nitrogens with zero attached hydrogens (tertiary/aromatic N) is 1. The first kappa shape index (κ1) is 32.2. The van der Waals surface area contributed by atoms with Gasteiger partial charge >= 0.3 is 5.97 Å². The molecule has 45 heavy (non-hydrogen) atoms. The molecule has 4 aliphatic rings. The van der Waals surface area contributed by atoms with Gasteiger partial charge in [0.2, 0.25) is 0 Å². The van der Waals surface area contributed by atoms with E-state index in [2.05, 4.69) is 27.6 Å². The van der Waals surface area contributed by atoms with E-state index < -0.39 is 15.7 Å². The molecule has 1 saturated carbocycles. The van der Waals surface area contributed by atoms with Crippen LogP contribution in [0.15, 0.2) is 36.4 Å². The van der Waals surface area contributed by atoms with E-state index in [1.165, 1.54) is 11.1 Å². The van der Waals surface area contributed by atoms with Crippen molar-refractivity contribution in [2.24, 2.45) is 11.8 Å². The highest BCUT2D eigenvalue weighted by Crippen LogP contribution is 2.47. The molecule has 10 heteroatoms. The first-order chi connectivity index (χ1) is 21.6. The van der Waals surface area contributed by atoms with Crippen LogP contribution >= 0.6 is 11.6 Å². The van der Waals surface area contributed by atoms with Crippen molar-refractivity contribution in [1.82, 2.24) is 4.72 Å². The Balaban J connectivity index is 1.40. The lowest BCUT2D eigenvalue weighted by Gasteiger charge is -2.46. The number of carbonyl (C=O) groups excluding carboxylic acids is 1. The van der Waals surface area contributed by atoms with Crippen molar-refractivity contribution in [3.8, 4) is 5.75 Å². The molecule has 6 atom stereocenters. The molecule has 1 unspecified atom stereocenters. The number of carboxylic acid groups (broad SMARTS) is 1. The summed E-state index contributed by atoms with van der Waals surface area (Å²) in [5, 5.41) is 9.91. The van der Waals surface area contributed by atoms with Crippen LogP contribution < -0.4 is 14.4 Å². The molecule has 2 heterocycles. The lowest BCUT2D eigenvalue weighted by Crippen LogP contribution is -2.50. The van der Waals surface area contributed by atoms with Crippen LogP contribution in [0.2, 0.25) is 5.02 Å². The summed E-state index contributed by atoms with van der Waals surface area (Å²) in [6, 6.07) is 11.7. The lowest BCUT2D eigenvalue weighted by atomic mass is 9.68. The fraction of sp³-hybridized carbons (Fsp3) is 0.571. The number of nitrogens with one attached hydrogen (secondary N) is 1. The maximum absolute atomic E-state index is 13.8. The second-order valence-electron chi connectivity index (χ2n) is 13.5. The number of carboxylic acids is 1. The van der Waals surface area contributed by atoms with Gasteiger partial charge in [-0.2, -0.15) is 0 Å². The molecule has 1 spiro atoms. The zero-order valence-electron chi connectivity index (χ0n) is 26.1. The number of carbonyl (C=O) groups is 2. The van der Waals surface area contributed by atoms with Crippen molar-refractivity contribution in [1.29, 1.82) is 0 Å². The molecule has 2 bridgehead atoms. The van der Waals surface area contributed by atoms with E-state index in [1.54, 1.807) is 6.07 Å². The molecule has 2 N–H and O–H groups in total. The number of anilines is 1. The summed E-state index contributed by atoms with van der Waals surface area (Å²) in [5.41, 5.74) is 3.56. The topological polar surface area (TPSA) is 105 Å². The van der Waals surface area contributed by atoms with Crippen LogP contribution in [0.25, 0.3) is 0 Å². The minimum Gasteiger partial charge on any atom is -0.490 e. The third kappa shape index (κ3) is 6.72. The Hall–Kier alpha value is -2.75. The third-order valence-electron chi connectivity index (χ3n) is 10.7. The van der Waals surface area contributed by atoms with Gasteiger partial charge in [-0.1, -0.05) is 37.4 Å². The fourth-order valence-electron chi connectivity index (χ4n) is 8.13. The Morgan fingerprint density at radius 2 is 2.00 bits per heavy atom. The number of aryl methyl sites for hydroxylation is 1. The zero-order valence-corrected chi connectivity index (χ0v) is 27.7. The molecule has 0 radical (unpaired) electrons. The maximum atomic E-state index is 13.8. The van der Waals surface area contributed by atoms with Gasteiger partial charge in [-0.3, -0.25) is 9.52 Å². The second-order valence-corrected chi connectivity index (χ2v) is 16.3. The quantitative estimate of drug-likeness (QED) is 0.388. The van der Waals surface area contributed by atoms with Crippen LogP contribution in [0.1, 0.15) is 86.2 Å². The molecule has 6 rings (SSSR count). The van der Waals surface area contributed by atoms with Gasteiger partial charge in [0.1, 0.15) is 12.4 Å². The third-order valence-corrected chi connectivity index (χ3v) is 13.1. The predicted molar refractivity (Wildman–Crippen MR) is 179 cm³/mol. The minimum atomic E-state index is -2.91. The summed E-state index contributed by atoms with van der Waals surface area (Å²) in [4.78, 5) is 27.5. The van der Waals surface area contributed by atoms with Gasteiger partial charge in [0.15, 0.2) is 0 Å². The summed E-state index contributed by atoms with van der Waals surface area (Å²) < 4.78 is 29.2. The van der Waals surface area contributed by atoms with Gasteiger partial charge in [-0.15, -0.1) is 0 Å². The molecular formula is C35H45ClN2O6S. The molecule has 0 saturated heterocycles. The molecule has 2 aromatic carbocycles. The molecular weight excluding hydrogens is 612 g/mol. The van der Waals surface area contributed by atoms with Crippen molar-refractivity contribution in [3.05, 3.63) is 58.1 Å². The molecule has 1 fully saturated rings. The van der Waals surface area contributed by atoms with Crippen molar-refractivity contribution < 1.29 is 28.4 Å². The van der Waals surface area contributed by atoms with E-state index in [0.717, 1.165) is 74.4 Å². The predicted octanol–water partition coefficient (Wildman–Crippen LogP) is 6.02. The highest BCUT2D eigenvalue weighted by Gasteiger charge is 2.45. The van der Waals surface area contributed by atoms with Gasteiger partial charge in [-0.05, 0) is 111 Å². The largest absolute Gasteiger partial charge is 0.490 e. The first-order valence-corrected chi connectivity index (χ1v) is 18.6. The Kier molecular flexibility index (Phi) is 9.42. The normalized spacial score (nSPS) is 31.9. The number of hydrogen-bond donors (Lipinski definition) is 2. The fourth-order valence-corrected chi connectivity index (χ4v) is 10.0. The summed E-state index contributed by atoms with van der Waals surface area (Å²) in [6.45, 7) is 3.64. The number of hydrogen-bond acceptors (Lipinski definition) is 6. The first-order valence-electron chi connectivity index (χ1n) is 16.4. The van der Waals surface area contributed by atoms with Gasteiger partial charge in [0.05, 0.1) is 28.1 Å². The average Bonchev–Trinajstić information content (AvgIpc) is 3.13. The highest BCUT2D eigenvalue weighted by atomic mass is 35.5. The molecule has 2 aliphatic heterocycles. The molecule has 244 valence electrons. The second kappa shape index (κ2) is 13.2. The van der Waals surface area contributed by atoms with Crippen LogP contribution in [-0.2, 0) is 31.1 Å². The van der Waals surface area contributed by atoms with Crippen molar-refractivity contribution >= 4 is 44.7 Å². The van der Waals surface area contributed by atoms with Crippen LogP contribution in [0, 0.1) is 11.8 Å². The molecule has 8 nitrogen and oxygen atoms in total. The number of fused-ring (bicyclic) bond motifs is 4. The number of aliphatic carboxylic acids is 1. The van der Waals surface area contributed by atoms with E-state index in [1.807, 2.05) is 25.1 Å². The van der Waals surface area contributed by atoms with Crippen LogP contribution in [0.5, 0.6) is 5.75 Å². The number of ether oxygens (including phenoxy) is 2.